The Morgan fingerprint density at radius 3 is 2.46 bits per heavy atom. The average molecular weight is 350 g/mol. The van der Waals surface area contributed by atoms with Crippen molar-refractivity contribution in [1.29, 1.82) is 0 Å². The predicted molar refractivity (Wildman–Crippen MR) is 96.3 cm³/mol. The molecule has 0 fully saturated rings. The third-order valence-corrected chi connectivity index (χ3v) is 3.60. The summed E-state index contributed by atoms with van der Waals surface area (Å²) in [6.45, 7) is 2.22. The molecule has 2 nitrogen and oxygen atoms in total. The second-order valence-corrected chi connectivity index (χ2v) is 5.41. The van der Waals surface area contributed by atoms with Gasteiger partial charge in [-0.05, 0) is 49.5 Å². The first kappa shape index (κ1) is 18.0. The van der Waals surface area contributed by atoms with Gasteiger partial charge in [0.2, 0.25) is 0 Å². The second kappa shape index (κ2) is 7.97. The molecule has 0 aliphatic carbocycles. The number of para-hydroxylation sites is 1. The molecule has 0 atom stereocenters. The Hall–Kier alpha value is -2.34. The van der Waals surface area contributed by atoms with Crippen molar-refractivity contribution in [3.8, 4) is 0 Å². The van der Waals surface area contributed by atoms with Gasteiger partial charge in [-0.15, -0.1) is 0 Å². The van der Waals surface area contributed by atoms with E-state index >= 15 is 0 Å². The first-order valence-electron chi connectivity index (χ1n) is 7.34. The average Bonchev–Trinajstić information content (AvgIpc) is 2.55. The van der Waals surface area contributed by atoms with Gasteiger partial charge in [-0.2, -0.15) is 13.2 Å². The molecule has 0 aromatic heterocycles. The number of allylic oxidation sites excluding steroid dienone is 1. The maximum Gasteiger partial charge on any atom is 0.416 e. The molecule has 0 saturated carbocycles. The molecule has 0 spiro atoms. The number of halogens is 3. The number of hydrogen-bond acceptors (Lipinski definition) is 1. The molecule has 6 heteroatoms. The van der Waals surface area contributed by atoms with Gasteiger partial charge in [-0.1, -0.05) is 36.4 Å². The van der Waals surface area contributed by atoms with E-state index in [0.717, 1.165) is 17.8 Å². The van der Waals surface area contributed by atoms with Crippen molar-refractivity contribution in [3.63, 3.8) is 0 Å². The lowest BCUT2D eigenvalue weighted by Gasteiger charge is -2.25. The molecule has 126 valence electrons. The molecule has 0 aliphatic heterocycles. The zero-order valence-corrected chi connectivity index (χ0v) is 13.9. The van der Waals surface area contributed by atoms with Gasteiger partial charge < -0.3 is 10.2 Å². The Kier molecular flexibility index (Phi) is 5.98. The molecular weight excluding hydrogens is 333 g/mol. The molecule has 0 unspecified atom stereocenters. The summed E-state index contributed by atoms with van der Waals surface area (Å²) in [5.74, 6) is 0. The van der Waals surface area contributed by atoms with Crippen LogP contribution in [0.4, 0.5) is 24.5 Å². The highest BCUT2D eigenvalue weighted by Gasteiger charge is 2.31. The Morgan fingerprint density at radius 1 is 1.12 bits per heavy atom. The van der Waals surface area contributed by atoms with E-state index in [4.69, 9.17) is 12.2 Å². The number of nitrogens with one attached hydrogen (secondary N) is 1. The Balaban J connectivity index is 2.29. The Labute approximate surface area is 144 Å². The smallest absolute Gasteiger partial charge is 0.332 e. The van der Waals surface area contributed by atoms with Crippen LogP contribution in [-0.2, 0) is 6.18 Å². The van der Waals surface area contributed by atoms with E-state index < -0.39 is 11.7 Å². The maximum absolute atomic E-state index is 13.0. The van der Waals surface area contributed by atoms with Gasteiger partial charge in [-0.3, -0.25) is 0 Å². The fourth-order valence-electron chi connectivity index (χ4n) is 2.08. The minimum atomic E-state index is -4.39. The number of thiocarbonyl (C=S) groups is 1. The summed E-state index contributed by atoms with van der Waals surface area (Å²) in [5, 5.41) is 3.38. The summed E-state index contributed by atoms with van der Waals surface area (Å²) >= 11 is 5.39. The van der Waals surface area contributed by atoms with Crippen molar-refractivity contribution in [2.75, 3.05) is 16.8 Å². The summed E-state index contributed by atoms with van der Waals surface area (Å²) in [5.41, 5.74) is 0.462. The first-order valence-corrected chi connectivity index (χ1v) is 7.74. The molecule has 0 amide bonds. The molecule has 0 saturated heterocycles. The summed E-state index contributed by atoms with van der Waals surface area (Å²) in [6, 6.07) is 14.4. The lowest BCUT2D eigenvalue weighted by molar-refractivity contribution is -0.137. The standard InChI is InChI=1S/C18H17F3N2S/c1-2-3-12-23(17(24)22-15-9-5-4-6-10-15)16-11-7-8-14(13-16)18(19,20)21/h2-11,13H,12H2,1H3,(H,22,24)/b3-2+. The summed E-state index contributed by atoms with van der Waals surface area (Å²) in [4.78, 5) is 1.62. The van der Waals surface area contributed by atoms with E-state index in [9.17, 15) is 13.2 Å². The van der Waals surface area contributed by atoms with Crippen molar-refractivity contribution in [2.24, 2.45) is 0 Å². The van der Waals surface area contributed by atoms with Crippen molar-refractivity contribution >= 4 is 28.7 Å². The number of benzene rings is 2. The Bertz CT molecular complexity index is 712. The maximum atomic E-state index is 13.0. The lowest BCUT2D eigenvalue weighted by atomic mass is 10.2. The predicted octanol–water partition coefficient (Wildman–Crippen LogP) is 5.48. The molecule has 1 N–H and O–H groups in total. The van der Waals surface area contributed by atoms with E-state index in [1.54, 1.807) is 11.0 Å². The largest absolute Gasteiger partial charge is 0.416 e. The molecule has 0 heterocycles. The van der Waals surface area contributed by atoms with Gasteiger partial charge in [0.1, 0.15) is 0 Å². The molecule has 0 aliphatic rings. The summed E-state index contributed by atoms with van der Waals surface area (Å²) < 4.78 is 38.9. The zero-order chi connectivity index (χ0) is 17.6. The molecule has 2 rings (SSSR count). The third-order valence-electron chi connectivity index (χ3n) is 3.28. The van der Waals surface area contributed by atoms with Crippen molar-refractivity contribution < 1.29 is 13.2 Å². The minimum absolute atomic E-state index is 0.332. The van der Waals surface area contributed by atoms with Crippen molar-refractivity contribution in [2.45, 2.75) is 13.1 Å². The first-order chi connectivity index (χ1) is 11.4. The van der Waals surface area contributed by atoms with Crippen LogP contribution >= 0.6 is 12.2 Å². The van der Waals surface area contributed by atoms with E-state index in [2.05, 4.69) is 5.32 Å². The fraction of sp³-hybridized carbons (Fsp3) is 0.167. The SMILES string of the molecule is C/C=C/CN(C(=S)Nc1ccccc1)c1cccc(C(F)(F)F)c1. The molecule has 2 aromatic rings. The number of rotatable bonds is 4. The number of nitrogens with zero attached hydrogens (tertiary/aromatic N) is 1. The van der Waals surface area contributed by atoms with Crippen molar-refractivity contribution in [3.05, 3.63) is 72.3 Å². The molecule has 0 bridgehead atoms. The minimum Gasteiger partial charge on any atom is -0.332 e. The van der Waals surface area contributed by atoms with Gasteiger partial charge in [0.15, 0.2) is 5.11 Å². The van der Waals surface area contributed by atoms with E-state index in [0.29, 0.717) is 17.3 Å². The second-order valence-electron chi connectivity index (χ2n) is 5.02. The van der Waals surface area contributed by atoms with Crippen LogP contribution in [0.1, 0.15) is 12.5 Å². The number of alkyl halides is 3. The lowest BCUT2D eigenvalue weighted by Crippen LogP contribution is -2.35. The van der Waals surface area contributed by atoms with Gasteiger partial charge in [-0.25, -0.2) is 0 Å². The molecule has 2 aromatic carbocycles. The van der Waals surface area contributed by atoms with Crippen LogP contribution in [0.3, 0.4) is 0 Å². The summed E-state index contributed by atoms with van der Waals surface area (Å²) in [6.07, 6.45) is -0.734. The van der Waals surface area contributed by atoms with Crippen LogP contribution in [-0.4, -0.2) is 11.7 Å². The van der Waals surface area contributed by atoms with Crippen molar-refractivity contribution in [1.82, 2.24) is 0 Å². The molecule has 0 radical (unpaired) electrons. The highest BCUT2D eigenvalue weighted by Crippen LogP contribution is 2.31. The van der Waals surface area contributed by atoms with Crippen LogP contribution < -0.4 is 10.2 Å². The summed E-state index contributed by atoms with van der Waals surface area (Å²) in [7, 11) is 0. The highest BCUT2D eigenvalue weighted by atomic mass is 32.1. The Morgan fingerprint density at radius 2 is 1.83 bits per heavy atom. The monoisotopic (exact) mass is 350 g/mol. The van der Waals surface area contributed by atoms with Gasteiger partial charge in [0, 0.05) is 17.9 Å². The van der Waals surface area contributed by atoms with Gasteiger partial charge in [0.25, 0.3) is 0 Å². The van der Waals surface area contributed by atoms with Gasteiger partial charge >= 0.3 is 6.18 Å². The number of anilines is 2. The van der Waals surface area contributed by atoms with Crippen LogP contribution in [0.2, 0.25) is 0 Å². The zero-order valence-electron chi connectivity index (χ0n) is 13.0. The van der Waals surface area contributed by atoms with E-state index in [1.165, 1.54) is 6.07 Å². The molecular formula is C18H17F3N2S. The van der Waals surface area contributed by atoms with Gasteiger partial charge in [0.05, 0.1) is 5.56 Å². The highest BCUT2D eigenvalue weighted by molar-refractivity contribution is 7.80. The molecule has 24 heavy (non-hydrogen) atoms. The quantitative estimate of drug-likeness (QED) is 0.580. The van der Waals surface area contributed by atoms with Crippen LogP contribution in [0.15, 0.2) is 66.7 Å². The number of hydrogen-bond donors (Lipinski definition) is 1. The topological polar surface area (TPSA) is 15.3 Å². The van der Waals surface area contributed by atoms with Crippen LogP contribution in [0.25, 0.3) is 0 Å². The van der Waals surface area contributed by atoms with E-state index in [1.807, 2.05) is 49.4 Å². The van der Waals surface area contributed by atoms with E-state index in [-0.39, 0.29) is 0 Å². The van der Waals surface area contributed by atoms with Crippen LogP contribution in [0.5, 0.6) is 0 Å². The third kappa shape index (κ3) is 4.83. The normalized spacial score (nSPS) is 11.5. The fourth-order valence-corrected chi connectivity index (χ4v) is 2.38. The van der Waals surface area contributed by atoms with Crippen LogP contribution in [0, 0.1) is 0 Å².